The number of carbonyl (C=O) groups excluding carboxylic acids is 1. The minimum Gasteiger partial charge on any atom is -0.334 e. The lowest BCUT2D eigenvalue weighted by Gasteiger charge is -2.23. The molecule has 0 fully saturated rings. The van der Waals surface area contributed by atoms with E-state index in [0.717, 1.165) is 38.2 Å². The van der Waals surface area contributed by atoms with Crippen LogP contribution in [0.2, 0.25) is 0 Å². The minimum atomic E-state index is 0.193. The quantitative estimate of drug-likeness (QED) is 0.613. The number of fused-ring (bicyclic) bond motifs is 1. The second-order valence-electron chi connectivity index (χ2n) is 5.11. The van der Waals surface area contributed by atoms with Crippen LogP contribution in [-0.2, 0) is 6.54 Å². The van der Waals surface area contributed by atoms with Crippen molar-refractivity contribution in [1.29, 1.82) is 0 Å². The maximum Gasteiger partial charge on any atom is 0.256 e. The predicted molar refractivity (Wildman–Crippen MR) is 87.8 cm³/mol. The van der Waals surface area contributed by atoms with Gasteiger partial charge in [0.25, 0.3) is 5.91 Å². The number of hydrogen-bond acceptors (Lipinski definition) is 2. The first kappa shape index (κ1) is 15.5. The molecule has 106 valence electrons. The Hall–Kier alpha value is 0.130. The van der Waals surface area contributed by atoms with Crippen molar-refractivity contribution in [3.63, 3.8) is 0 Å². The van der Waals surface area contributed by atoms with Crippen molar-refractivity contribution in [2.24, 2.45) is 5.92 Å². The number of hydrogen-bond donors (Lipinski definition) is 0. The second-order valence-corrected chi connectivity index (χ2v) is 8.76. The maximum atomic E-state index is 12.4. The first-order valence-corrected chi connectivity index (χ1v) is 9.24. The third-order valence-corrected chi connectivity index (χ3v) is 6.44. The van der Waals surface area contributed by atoms with E-state index in [0.29, 0.717) is 5.92 Å². The maximum absolute atomic E-state index is 12.4. The molecule has 1 aromatic rings. The fraction of sp³-hybridized carbons (Fsp3) is 0.643. The molecule has 0 aromatic carbocycles. The zero-order valence-electron chi connectivity index (χ0n) is 11.3. The van der Waals surface area contributed by atoms with Gasteiger partial charge in [-0.25, -0.2) is 0 Å². The SMILES string of the molecule is CCCCC(CC)CN1Cc2c(Br)sc(Br)c2C1=O. The minimum absolute atomic E-state index is 0.193. The van der Waals surface area contributed by atoms with Crippen molar-refractivity contribution >= 4 is 49.1 Å². The van der Waals surface area contributed by atoms with E-state index in [1.165, 1.54) is 19.3 Å². The third-order valence-electron chi connectivity index (χ3n) is 3.79. The first-order chi connectivity index (χ1) is 9.08. The van der Waals surface area contributed by atoms with Crippen LogP contribution < -0.4 is 0 Å². The first-order valence-electron chi connectivity index (χ1n) is 6.84. The molecule has 2 nitrogen and oxygen atoms in total. The van der Waals surface area contributed by atoms with Gasteiger partial charge in [-0.2, -0.15) is 0 Å². The summed E-state index contributed by atoms with van der Waals surface area (Å²) in [5.41, 5.74) is 2.04. The highest BCUT2D eigenvalue weighted by atomic mass is 79.9. The van der Waals surface area contributed by atoms with E-state index in [1.807, 2.05) is 4.90 Å². The second kappa shape index (κ2) is 6.72. The Labute approximate surface area is 135 Å². The average molecular weight is 409 g/mol. The van der Waals surface area contributed by atoms with Gasteiger partial charge in [0.2, 0.25) is 0 Å². The van der Waals surface area contributed by atoms with Gasteiger partial charge in [0.05, 0.1) is 13.1 Å². The summed E-state index contributed by atoms with van der Waals surface area (Å²) in [6.07, 6.45) is 4.87. The van der Waals surface area contributed by atoms with Gasteiger partial charge in [0.1, 0.15) is 0 Å². The van der Waals surface area contributed by atoms with Crippen molar-refractivity contribution in [1.82, 2.24) is 4.90 Å². The molecule has 0 N–H and O–H groups in total. The summed E-state index contributed by atoms with van der Waals surface area (Å²) in [5.74, 6) is 0.827. The number of halogens is 2. The highest BCUT2D eigenvalue weighted by Crippen LogP contribution is 2.42. The molecule has 1 unspecified atom stereocenters. The van der Waals surface area contributed by atoms with Gasteiger partial charge in [-0.1, -0.05) is 33.1 Å². The normalized spacial score (nSPS) is 16.0. The van der Waals surface area contributed by atoms with Gasteiger partial charge in [-0.3, -0.25) is 4.79 Å². The number of carbonyl (C=O) groups is 1. The van der Waals surface area contributed by atoms with Crippen molar-refractivity contribution in [3.8, 4) is 0 Å². The molecule has 0 aliphatic carbocycles. The summed E-state index contributed by atoms with van der Waals surface area (Å²) in [4.78, 5) is 14.4. The number of amides is 1. The Kier molecular flexibility index (Phi) is 5.49. The summed E-state index contributed by atoms with van der Waals surface area (Å²) in [5, 5.41) is 0. The zero-order chi connectivity index (χ0) is 14.0. The Bertz CT molecular complexity index is 472. The molecular formula is C14H19Br2NOS. The molecule has 5 heteroatoms. The van der Waals surface area contributed by atoms with Gasteiger partial charge >= 0.3 is 0 Å². The van der Waals surface area contributed by atoms with Crippen LogP contribution in [0, 0.1) is 5.92 Å². The molecule has 1 aliphatic rings. The Morgan fingerprint density at radius 3 is 2.63 bits per heavy atom. The largest absolute Gasteiger partial charge is 0.334 e. The van der Waals surface area contributed by atoms with E-state index < -0.39 is 0 Å². The van der Waals surface area contributed by atoms with Gasteiger partial charge in [-0.05, 0) is 44.2 Å². The molecule has 1 aliphatic heterocycles. The summed E-state index contributed by atoms with van der Waals surface area (Å²) >= 11 is 8.66. The highest BCUT2D eigenvalue weighted by Gasteiger charge is 2.34. The van der Waals surface area contributed by atoms with Crippen LogP contribution in [0.5, 0.6) is 0 Å². The fourth-order valence-corrected chi connectivity index (χ4v) is 5.67. The predicted octanol–water partition coefficient (Wildman–Crippen LogP) is 5.45. The molecular weight excluding hydrogens is 390 g/mol. The number of nitrogens with zero attached hydrogens (tertiary/aromatic N) is 1. The monoisotopic (exact) mass is 407 g/mol. The van der Waals surface area contributed by atoms with Crippen LogP contribution in [0.15, 0.2) is 7.57 Å². The molecule has 0 bridgehead atoms. The Morgan fingerprint density at radius 1 is 1.32 bits per heavy atom. The van der Waals surface area contributed by atoms with Crippen LogP contribution >= 0.6 is 43.2 Å². The summed E-state index contributed by atoms with van der Waals surface area (Å²) in [7, 11) is 0. The molecule has 2 heterocycles. The van der Waals surface area contributed by atoms with E-state index in [4.69, 9.17) is 0 Å². The van der Waals surface area contributed by atoms with Crippen LogP contribution in [0.1, 0.15) is 55.5 Å². The molecule has 19 heavy (non-hydrogen) atoms. The van der Waals surface area contributed by atoms with Crippen molar-refractivity contribution in [2.45, 2.75) is 46.1 Å². The molecule has 0 spiro atoms. The molecule has 1 amide bonds. The summed E-state index contributed by atoms with van der Waals surface area (Å²) < 4.78 is 2.05. The molecule has 0 saturated heterocycles. The van der Waals surface area contributed by atoms with Gasteiger partial charge < -0.3 is 4.90 Å². The van der Waals surface area contributed by atoms with E-state index >= 15 is 0 Å². The van der Waals surface area contributed by atoms with Crippen LogP contribution in [0.3, 0.4) is 0 Å². The molecule has 0 saturated carbocycles. The highest BCUT2D eigenvalue weighted by molar-refractivity contribution is 9.12. The molecule has 1 aromatic heterocycles. The van der Waals surface area contributed by atoms with Crippen LogP contribution in [0.4, 0.5) is 0 Å². The standard InChI is InChI=1S/C14H19Br2NOS/c1-3-5-6-9(4-2)7-17-8-10-11(14(17)18)13(16)19-12(10)15/h9H,3-8H2,1-2H3. The smallest absolute Gasteiger partial charge is 0.256 e. The Balaban J connectivity index is 2.05. The number of rotatable bonds is 6. The zero-order valence-corrected chi connectivity index (χ0v) is 15.3. The molecule has 2 rings (SSSR count). The number of unbranched alkanes of at least 4 members (excludes halogenated alkanes) is 1. The fourth-order valence-electron chi connectivity index (χ4n) is 2.56. The Morgan fingerprint density at radius 2 is 2.05 bits per heavy atom. The van der Waals surface area contributed by atoms with E-state index in [2.05, 4.69) is 45.7 Å². The van der Waals surface area contributed by atoms with Crippen LogP contribution in [-0.4, -0.2) is 17.4 Å². The van der Waals surface area contributed by atoms with Crippen LogP contribution in [0.25, 0.3) is 0 Å². The van der Waals surface area contributed by atoms with Crippen molar-refractivity contribution < 1.29 is 4.79 Å². The van der Waals surface area contributed by atoms with E-state index in [9.17, 15) is 4.79 Å². The lowest BCUT2D eigenvalue weighted by molar-refractivity contribution is 0.0746. The van der Waals surface area contributed by atoms with Crippen molar-refractivity contribution in [2.75, 3.05) is 6.54 Å². The van der Waals surface area contributed by atoms with Gasteiger partial charge in [0, 0.05) is 18.7 Å². The average Bonchev–Trinajstić information content (AvgIpc) is 2.85. The lowest BCUT2D eigenvalue weighted by Crippen LogP contribution is -2.30. The number of thiophene rings is 1. The summed E-state index contributed by atoms with van der Waals surface area (Å²) in [6, 6.07) is 0. The van der Waals surface area contributed by atoms with Gasteiger partial charge in [-0.15, -0.1) is 11.3 Å². The van der Waals surface area contributed by atoms with Gasteiger partial charge in [0.15, 0.2) is 0 Å². The van der Waals surface area contributed by atoms with E-state index in [1.54, 1.807) is 11.3 Å². The summed E-state index contributed by atoms with van der Waals surface area (Å²) in [6.45, 7) is 6.11. The molecule has 0 radical (unpaired) electrons. The third kappa shape index (κ3) is 3.24. The topological polar surface area (TPSA) is 20.3 Å². The van der Waals surface area contributed by atoms with E-state index in [-0.39, 0.29) is 5.91 Å². The lowest BCUT2D eigenvalue weighted by atomic mass is 9.99. The molecule has 1 atom stereocenters. The van der Waals surface area contributed by atoms with Crippen molar-refractivity contribution in [3.05, 3.63) is 18.7 Å².